The Kier molecular flexibility index (Phi) is 4.39. The lowest BCUT2D eigenvalue weighted by atomic mass is 10.1. The zero-order valence-electron chi connectivity index (χ0n) is 14.7. The fraction of sp³-hybridized carbons (Fsp3) is 0.250. The molecule has 3 aromatic rings. The van der Waals surface area contributed by atoms with Crippen LogP contribution in [0.2, 0.25) is 0 Å². The molecule has 1 aliphatic rings. The topological polar surface area (TPSA) is 63.1 Å². The number of aromatic nitrogens is 3. The molecule has 1 aromatic heterocycles. The molecule has 1 saturated heterocycles. The molecule has 0 radical (unpaired) electrons. The van der Waals surface area contributed by atoms with E-state index in [-0.39, 0.29) is 12.1 Å². The van der Waals surface area contributed by atoms with Crippen molar-refractivity contribution in [2.45, 2.75) is 19.5 Å². The SMILES string of the molecule is Cc1ccc(CNC(=O)N2CC(n3cnnc3-c3ccccc3)C2)cc1. The maximum Gasteiger partial charge on any atom is 0.317 e. The molecule has 2 heterocycles. The third-order valence-corrected chi connectivity index (χ3v) is 4.71. The van der Waals surface area contributed by atoms with Gasteiger partial charge in [0.2, 0.25) is 0 Å². The summed E-state index contributed by atoms with van der Waals surface area (Å²) in [5.41, 5.74) is 3.35. The van der Waals surface area contributed by atoms with E-state index in [0.29, 0.717) is 19.6 Å². The predicted octanol–water partition coefficient (Wildman–Crippen LogP) is 3.02. The van der Waals surface area contributed by atoms with Gasteiger partial charge in [-0.2, -0.15) is 0 Å². The van der Waals surface area contributed by atoms with Gasteiger partial charge < -0.3 is 14.8 Å². The van der Waals surface area contributed by atoms with E-state index in [1.165, 1.54) is 5.56 Å². The number of benzene rings is 2. The lowest BCUT2D eigenvalue weighted by Gasteiger charge is -2.40. The molecule has 6 heteroatoms. The fourth-order valence-electron chi connectivity index (χ4n) is 3.10. The highest BCUT2D eigenvalue weighted by Crippen LogP contribution is 2.26. The molecule has 0 unspecified atom stereocenters. The van der Waals surface area contributed by atoms with Crippen LogP contribution >= 0.6 is 0 Å². The molecule has 0 aliphatic carbocycles. The Morgan fingerprint density at radius 2 is 1.85 bits per heavy atom. The Hall–Kier alpha value is -3.15. The monoisotopic (exact) mass is 347 g/mol. The minimum atomic E-state index is -0.0313. The largest absolute Gasteiger partial charge is 0.334 e. The highest BCUT2D eigenvalue weighted by atomic mass is 16.2. The van der Waals surface area contributed by atoms with Crippen molar-refractivity contribution in [1.29, 1.82) is 0 Å². The lowest BCUT2D eigenvalue weighted by molar-refractivity contribution is 0.125. The van der Waals surface area contributed by atoms with Gasteiger partial charge in [0.25, 0.3) is 0 Å². The minimum absolute atomic E-state index is 0.0313. The van der Waals surface area contributed by atoms with Crippen molar-refractivity contribution >= 4 is 6.03 Å². The molecule has 0 bridgehead atoms. The summed E-state index contributed by atoms with van der Waals surface area (Å²) in [6, 6.07) is 18.4. The van der Waals surface area contributed by atoms with Crippen LogP contribution in [0.25, 0.3) is 11.4 Å². The first-order valence-corrected chi connectivity index (χ1v) is 8.74. The third-order valence-electron chi connectivity index (χ3n) is 4.71. The predicted molar refractivity (Wildman–Crippen MR) is 99.5 cm³/mol. The Morgan fingerprint density at radius 1 is 1.12 bits per heavy atom. The van der Waals surface area contributed by atoms with Crippen LogP contribution in [0.15, 0.2) is 60.9 Å². The first kappa shape index (κ1) is 16.3. The average Bonchev–Trinajstić information content (AvgIpc) is 3.10. The van der Waals surface area contributed by atoms with E-state index in [0.717, 1.165) is 17.0 Å². The zero-order valence-corrected chi connectivity index (χ0v) is 14.7. The summed E-state index contributed by atoms with van der Waals surface area (Å²) in [4.78, 5) is 14.1. The summed E-state index contributed by atoms with van der Waals surface area (Å²) < 4.78 is 2.05. The van der Waals surface area contributed by atoms with Crippen molar-refractivity contribution in [3.63, 3.8) is 0 Å². The molecule has 0 atom stereocenters. The number of urea groups is 1. The third kappa shape index (κ3) is 3.31. The van der Waals surface area contributed by atoms with Crippen molar-refractivity contribution < 1.29 is 4.79 Å². The molecule has 4 rings (SSSR count). The number of carbonyl (C=O) groups excluding carboxylic acids is 1. The van der Waals surface area contributed by atoms with Crippen LogP contribution in [0, 0.1) is 6.92 Å². The van der Waals surface area contributed by atoms with Crippen molar-refractivity contribution in [2.24, 2.45) is 0 Å². The van der Waals surface area contributed by atoms with Gasteiger partial charge in [-0.15, -0.1) is 10.2 Å². The van der Waals surface area contributed by atoms with Crippen molar-refractivity contribution in [1.82, 2.24) is 25.0 Å². The molecular formula is C20H21N5O. The number of nitrogens with one attached hydrogen (secondary N) is 1. The summed E-state index contributed by atoms with van der Waals surface area (Å²) in [5, 5.41) is 11.3. The van der Waals surface area contributed by atoms with E-state index in [1.807, 2.05) is 47.4 Å². The van der Waals surface area contributed by atoms with E-state index in [9.17, 15) is 4.79 Å². The first-order valence-electron chi connectivity index (χ1n) is 8.74. The Balaban J connectivity index is 1.34. The van der Waals surface area contributed by atoms with Gasteiger partial charge in [0, 0.05) is 25.2 Å². The molecule has 1 fully saturated rings. The average molecular weight is 347 g/mol. The standard InChI is InChI=1S/C20H21N5O/c1-15-7-9-16(10-8-15)11-21-20(26)24-12-18(13-24)25-14-22-23-19(25)17-5-3-2-4-6-17/h2-10,14,18H,11-13H2,1H3,(H,21,26). The van der Waals surface area contributed by atoms with Crippen molar-refractivity contribution in [2.75, 3.05) is 13.1 Å². The van der Waals surface area contributed by atoms with E-state index in [1.54, 1.807) is 6.33 Å². The van der Waals surface area contributed by atoms with Crippen LogP contribution in [0.3, 0.4) is 0 Å². The van der Waals surface area contributed by atoms with Gasteiger partial charge in [0.05, 0.1) is 6.04 Å². The second-order valence-electron chi connectivity index (χ2n) is 6.63. The molecule has 0 spiro atoms. The molecule has 2 aromatic carbocycles. The Morgan fingerprint density at radius 3 is 2.58 bits per heavy atom. The second-order valence-corrected chi connectivity index (χ2v) is 6.63. The number of aryl methyl sites for hydroxylation is 1. The Bertz CT molecular complexity index is 882. The van der Waals surface area contributed by atoms with Crippen LogP contribution in [0.5, 0.6) is 0 Å². The van der Waals surface area contributed by atoms with Gasteiger partial charge in [-0.25, -0.2) is 4.79 Å². The molecule has 0 saturated carbocycles. The number of hydrogen-bond acceptors (Lipinski definition) is 3. The molecular weight excluding hydrogens is 326 g/mol. The van der Waals surface area contributed by atoms with E-state index < -0.39 is 0 Å². The van der Waals surface area contributed by atoms with Crippen molar-refractivity contribution in [3.05, 3.63) is 72.1 Å². The zero-order chi connectivity index (χ0) is 17.9. The summed E-state index contributed by atoms with van der Waals surface area (Å²) in [5.74, 6) is 0.843. The van der Waals surface area contributed by atoms with E-state index >= 15 is 0 Å². The molecule has 26 heavy (non-hydrogen) atoms. The summed E-state index contributed by atoms with van der Waals surface area (Å²) in [6.45, 7) is 3.93. The molecule has 2 amide bonds. The number of rotatable bonds is 4. The van der Waals surface area contributed by atoms with Gasteiger partial charge in [-0.1, -0.05) is 60.2 Å². The molecule has 132 valence electrons. The highest BCUT2D eigenvalue weighted by molar-refractivity contribution is 5.75. The smallest absolute Gasteiger partial charge is 0.317 e. The summed E-state index contributed by atoms with van der Waals surface area (Å²) in [7, 11) is 0. The maximum absolute atomic E-state index is 12.3. The number of likely N-dealkylation sites (tertiary alicyclic amines) is 1. The van der Waals surface area contributed by atoms with E-state index in [2.05, 4.69) is 39.1 Å². The number of carbonyl (C=O) groups is 1. The summed E-state index contributed by atoms with van der Waals surface area (Å²) in [6.07, 6.45) is 1.74. The normalized spacial score (nSPS) is 14.1. The van der Waals surface area contributed by atoms with Gasteiger partial charge in [-0.3, -0.25) is 0 Å². The maximum atomic E-state index is 12.3. The van der Waals surface area contributed by atoms with Crippen LogP contribution < -0.4 is 5.32 Å². The fourth-order valence-corrected chi connectivity index (χ4v) is 3.10. The number of amides is 2. The first-order chi connectivity index (χ1) is 12.7. The van der Waals surface area contributed by atoms with Crippen LogP contribution in [-0.4, -0.2) is 38.8 Å². The quantitative estimate of drug-likeness (QED) is 0.789. The lowest BCUT2D eigenvalue weighted by Crippen LogP contribution is -2.54. The molecule has 1 aliphatic heterocycles. The highest BCUT2D eigenvalue weighted by Gasteiger charge is 2.33. The van der Waals surface area contributed by atoms with Gasteiger partial charge in [0.1, 0.15) is 6.33 Å². The van der Waals surface area contributed by atoms with Crippen molar-refractivity contribution in [3.8, 4) is 11.4 Å². The summed E-state index contributed by atoms with van der Waals surface area (Å²) >= 11 is 0. The minimum Gasteiger partial charge on any atom is -0.334 e. The molecule has 6 nitrogen and oxygen atoms in total. The van der Waals surface area contributed by atoms with Gasteiger partial charge >= 0.3 is 6.03 Å². The van der Waals surface area contributed by atoms with Crippen LogP contribution in [0.1, 0.15) is 17.2 Å². The van der Waals surface area contributed by atoms with Crippen LogP contribution in [-0.2, 0) is 6.54 Å². The Labute approximate surface area is 152 Å². The number of nitrogens with zero attached hydrogens (tertiary/aromatic N) is 4. The van der Waals surface area contributed by atoms with Crippen LogP contribution in [0.4, 0.5) is 4.79 Å². The molecule has 1 N–H and O–H groups in total. The number of hydrogen-bond donors (Lipinski definition) is 1. The van der Waals surface area contributed by atoms with Gasteiger partial charge in [-0.05, 0) is 12.5 Å². The van der Waals surface area contributed by atoms with Gasteiger partial charge in [0.15, 0.2) is 5.82 Å². The second kappa shape index (κ2) is 7.00. The van der Waals surface area contributed by atoms with E-state index in [4.69, 9.17) is 0 Å².